The molecule has 0 heterocycles. The summed E-state index contributed by atoms with van der Waals surface area (Å²) in [5, 5.41) is 26.9. The van der Waals surface area contributed by atoms with E-state index < -0.39 is 23.3 Å². The molecule has 1 aromatic carbocycles. The maximum absolute atomic E-state index is 12.0. The van der Waals surface area contributed by atoms with Gasteiger partial charge in [-0.1, -0.05) is 6.07 Å². The molecule has 0 atom stereocenters. The number of hydrogen-bond acceptors (Lipinski definition) is 6. The molecular formula is C14H18N4O4. The molecule has 1 aromatic rings. The first-order chi connectivity index (χ1) is 10.3. The Morgan fingerprint density at radius 1 is 1.41 bits per heavy atom. The van der Waals surface area contributed by atoms with E-state index in [-0.39, 0.29) is 16.9 Å². The number of aliphatic hydroxyl groups is 1. The molecule has 22 heavy (non-hydrogen) atoms. The number of amides is 2. The first-order valence-electron chi connectivity index (χ1n) is 6.35. The van der Waals surface area contributed by atoms with E-state index in [0.717, 1.165) is 12.1 Å². The van der Waals surface area contributed by atoms with Gasteiger partial charge in [0.2, 0.25) is 0 Å². The number of nitrogens with zero attached hydrogens (tertiary/aromatic N) is 1. The number of phenolic OH excluding ortho intramolecular Hbond substituents is 1. The van der Waals surface area contributed by atoms with Gasteiger partial charge in [-0.05, 0) is 12.1 Å². The summed E-state index contributed by atoms with van der Waals surface area (Å²) in [6.45, 7) is 0.626. The molecule has 0 spiro atoms. The van der Waals surface area contributed by atoms with Gasteiger partial charge in [-0.25, -0.2) is 0 Å². The lowest BCUT2D eigenvalue weighted by atomic mass is 10.1. The summed E-state index contributed by atoms with van der Waals surface area (Å²) in [6.07, 6.45) is 0.860. The zero-order chi connectivity index (χ0) is 16.9. The van der Waals surface area contributed by atoms with E-state index >= 15 is 0 Å². The van der Waals surface area contributed by atoms with E-state index in [9.17, 15) is 19.8 Å². The largest absolute Gasteiger partial charge is 0.507 e. The monoisotopic (exact) mass is 306 g/mol. The second-order valence-electron chi connectivity index (χ2n) is 4.55. The number of aromatic hydroxyl groups is 1. The van der Waals surface area contributed by atoms with Crippen molar-refractivity contribution >= 4 is 23.3 Å². The Kier molecular flexibility index (Phi) is 5.65. The maximum Gasteiger partial charge on any atom is 0.266 e. The zero-order valence-electron chi connectivity index (χ0n) is 12.0. The standard InChI is InChI=1S/C14H18N4O4/c1-18(5-4-15)14(22)9-3-2-8(6-12(9)20)11(19)7-10(16)13(17)21/h2-3,6-7,16,19-20H,4-5,15H2,1H3,(H2,17,21)/b11-7-,16-10?. The van der Waals surface area contributed by atoms with Crippen LogP contribution >= 0.6 is 0 Å². The molecule has 0 aliphatic carbocycles. The number of aliphatic hydroxyl groups excluding tert-OH is 1. The molecule has 7 N–H and O–H groups in total. The zero-order valence-corrected chi connectivity index (χ0v) is 12.0. The van der Waals surface area contributed by atoms with E-state index in [1.807, 2.05) is 0 Å². The van der Waals surface area contributed by atoms with Crippen molar-refractivity contribution < 1.29 is 19.8 Å². The van der Waals surface area contributed by atoms with Crippen molar-refractivity contribution in [2.75, 3.05) is 20.1 Å². The molecule has 8 heteroatoms. The number of nitrogens with one attached hydrogen (secondary N) is 1. The predicted octanol–water partition coefficient (Wildman–Crippen LogP) is -0.173. The van der Waals surface area contributed by atoms with Gasteiger partial charge in [0, 0.05) is 31.8 Å². The lowest BCUT2D eigenvalue weighted by molar-refractivity contribution is -0.112. The number of primary amides is 1. The minimum Gasteiger partial charge on any atom is -0.507 e. The van der Waals surface area contributed by atoms with Gasteiger partial charge in [0.05, 0.1) is 5.56 Å². The van der Waals surface area contributed by atoms with Gasteiger partial charge in [0.15, 0.2) is 0 Å². The molecule has 8 nitrogen and oxygen atoms in total. The van der Waals surface area contributed by atoms with E-state index in [1.54, 1.807) is 7.05 Å². The Balaban J connectivity index is 3.06. The molecule has 0 saturated heterocycles. The summed E-state index contributed by atoms with van der Waals surface area (Å²) >= 11 is 0. The van der Waals surface area contributed by atoms with Crippen molar-refractivity contribution in [2.45, 2.75) is 0 Å². The van der Waals surface area contributed by atoms with Crippen LogP contribution in [-0.2, 0) is 4.79 Å². The molecule has 0 unspecified atom stereocenters. The number of nitrogens with two attached hydrogens (primary N) is 2. The number of benzene rings is 1. The van der Waals surface area contributed by atoms with Gasteiger partial charge < -0.3 is 26.6 Å². The summed E-state index contributed by atoms with van der Waals surface area (Å²) in [7, 11) is 1.55. The highest BCUT2D eigenvalue weighted by molar-refractivity contribution is 6.42. The van der Waals surface area contributed by atoms with Gasteiger partial charge in [0.25, 0.3) is 11.8 Å². The van der Waals surface area contributed by atoms with Gasteiger partial charge >= 0.3 is 0 Å². The number of rotatable bonds is 6. The first-order valence-corrected chi connectivity index (χ1v) is 6.35. The molecule has 0 radical (unpaired) electrons. The number of phenols is 1. The van der Waals surface area contributed by atoms with Crippen LogP contribution in [0.3, 0.4) is 0 Å². The molecule has 0 fully saturated rings. The molecule has 0 saturated carbocycles. The predicted molar refractivity (Wildman–Crippen MR) is 81.6 cm³/mol. The number of carbonyl (C=O) groups is 2. The van der Waals surface area contributed by atoms with Crippen molar-refractivity contribution in [3.8, 4) is 5.75 Å². The van der Waals surface area contributed by atoms with Crippen LogP contribution in [0.25, 0.3) is 5.76 Å². The van der Waals surface area contributed by atoms with Crippen LogP contribution in [0.15, 0.2) is 24.3 Å². The third-order valence-electron chi connectivity index (χ3n) is 2.88. The molecule has 2 amide bonds. The maximum atomic E-state index is 12.0. The lowest BCUT2D eigenvalue weighted by Crippen LogP contribution is -2.31. The van der Waals surface area contributed by atoms with Crippen molar-refractivity contribution in [3.63, 3.8) is 0 Å². The van der Waals surface area contributed by atoms with Crippen molar-refractivity contribution in [2.24, 2.45) is 11.5 Å². The second kappa shape index (κ2) is 7.23. The minimum absolute atomic E-state index is 0.0532. The SMILES string of the molecule is CN(CCN)C(=O)c1ccc(/C(O)=C/C(=N)C(N)=O)cc1O. The van der Waals surface area contributed by atoms with E-state index in [1.165, 1.54) is 17.0 Å². The third-order valence-corrected chi connectivity index (χ3v) is 2.88. The topological polar surface area (TPSA) is 154 Å². The molecule has 0 aliphatic heterocycles. The number of hydrogen-bond donors (Lipinski definition) is 5. The Morgan fingerprint density at radius 3 is 2.55 bits per heavy atom. The number of likely N-dealkylation sites (N-methyl/N-ethyl adjacent to an activating group) is 1. The fraction of sp³-hybridized carbons (Fsp3) is 0.214. The summed E-state index contributed by atoms with van der Waals surface area (Å²) in [4.78, 5) is 24.1. The molecule has 0 aliphatic rings. The van der Waals surface area contributed by atoms with Gasteiger partial charge in [-0.15, -0.1) is 0 Å². The highest BCUT2D eigenvalue weighted by atomic mass is 16.3. The third kappa shape index (κ3) is 4.06. The highest BCUT2D eigenvalue weighted by Gasteiger charge is 2.16. The van der Waals surface area contributed by atoms with Gasteiger partial charge in [-0.2, -0.15) is 0 Å². The van der Waals surface area contributed by atoms with Crippen molar-refractivity contribution in [1.29, 1.82) is 5.41 Å². The van der Waals surface area contributed by atoms with Crippen LogP contribution in [0, 0.1) is 5.41 Å². The Bertz CT molecular complexity index is 640. The minimum atomic E-state index is -0.994. The number of carbonyl (C=O) groups excluding carboxylic acids is 2. The molecule has 1 rings (SSSR count). The fourth-order valence-electron chi connectivity index (χ4n) is 1.66. The Labute approximate surface area is 127 Å². The van der Waals surface area contributed by atoms with Crippen LogP contribution in [0.1, 0.15) is 15.9 Å². The second-order valence-corrected chi connectivity index (χ2v) is 4.55. The van der Waals surface area contributed by atoms with Gasteiger partial charge in [0.1, 0.15) is 17.2 Å². The summed E-state index contributed by atoms with van der Waals surface area (Å²) in [5.41, 5.74) is 9.86. The van der Waals surface area contributed by atoms with Crippen molar-refractivity contribution in [1.82, 2.24) is 4.90 Å². The van der Waals surface area contributed by atoms with Crippen LogP contribution in [0.2, 0.25) is 0 Å². The smallest absolute Gasteiger partial charge is 0.266 e. The van der Waals surface area contributed by atoms with Crippen molar-refractivity contribution in [3.05, 3.63) is 35.4 Å². The van der Waals surface area contributed by atoms with E-state index in [2.05, 4.69) is 0 Å². The first kappa shape index (κ1) is 17.2. The van der Waals surface area contributed by atoms with Crippen LogP contribution in [-0.4, -0.2) is 52.8 Å². The van der Waals surface area contributed by atoms with E-state index in [0.29, 0.717) is 13.1 Å². The summed E-state index contributed by atoms with van der Waals surface area (Å²) < 4.78 is 0. The fourth-order valence-corrected chi connectivity index (χ4v) is 1.66. The van der Waals surface area contributed by atoms with Crippen LogP contribution < -0.4 is 11.5 Å². The van der Waals surface area contributed by atoms with Crippen LogP contribution in [0.4, 0.5) is 0 Å². The van der Waals surface area contributed by atoms with Gasteiger partial charge in [-0.3, -0.25) is 15.0 Å². The average molecular weight is 306 g/mol. The normalized spacial score (nSPS) is 11.1. The molecule has 118 valence electrons. The van der Waals surface area contributed by atoms with E-state index in [4.69, 9.17) is 16.9 Å². The molecule has 0 aromatic heterocycles. The van der Waals surface area contributed by atoms with Crippen LogP contribution in [0.5, 0.6) is 5.75 Å². The average Bonchev–Trinajstić information content (AvgIpc) is 2.46. The summed E-state index contributed by atoms with van der Waals surface area (Å²) in [5.74, 6) is -2.17. The quantitative estimate of drug-likeness (QED) is 0.364. The molecule has 0 bridgehead atoms. The lowest BCUT2D eigenvalue weighted by Gasteiger charge is -2.17. The molecular weight excluding hydrogens is 288 g/mol. The Hall–Kier alpha value is -2.87. The highest BCUT2D eigenvalue weighted by Crippen LogP contribution is 2.23. The Morgan fingerprint density at radius 2 is 2.05 bits per heavy atom. The summed E-state index contributed by atoms with van der Waals surface area (Å²) in [6, 6.07) is 3.87.